The third-order valence-corrected chi connectivity index (χ3v) is 11.5. The Balaban J connectivity index is 0.963. The molecule has 0 radical (unpaired) electrons. The highest BCUT2D eigenvalue weighted by Crippen LogP contribution is 2.44. The molecule has 0 unspecified atom stereocenters. The monoisotopic (exact) mass is 730 g/mol. The zero-order valence-electron chi connectivity index (χ0n) is 31.3. The second-order valence-electron chi connectivity index (χ2n) is 14.8. The lowest BCUT2D eigenvalue weighted by Gasteiger charge is -2.26. The molecule has 270 valence electrons. The second kappa shape index (κ2) is 13.7. The van der Waals surface area contributed by atoms with E-state index in [9.17, 15) is 0 Å². The van der Waals surface area contributed by atoms with Crippen molar-refractivity contribution >= 4 is 55.4 Å². The number of fused-ring (bicyclic) bond motifs is 6. The van der Waals surface area contributed by atoms with Gasteiger partial charge in [-0.3, -0.25) is 0 Å². The van der Waals surface area contributed by atoms with Crippen molar-refractivity contribution in [3.05, 3.63) is 223 Å². The molecule has 0 saturated heterocycles. The largest absolute Gasteiger partial charge is 0.455 e. The highest BCUT2D eigenvalue weighted by atomic mass is 16.3. The van der Waals surface area contributed by atoms with Crippen LogP contribution in [0.1, 0.15) is 23.3 Å². The lowest BCUT2D eigenvalue weighted by atomic mass is 9.90. The molecule has 0 fully saturated rings. The number of rotatable bonds is 7. The number of nitrogens with zero attached hydrogens (tertiary/aromatic N) is 2. The van der Waals surface area contributed by atoms with Crippen LogP contribution in [0.25, 0.3) is 66.3 Å². The molecule has 0 amide bonds. The zero-order valence-corrected chi connectivity index (χ0v) is 31.3. The summed E-state index contributed by atoms with van der Waals surface area (Å²) in [6, 6.07) is 71.7. The van der Waals surface area contributed by atoms with Gasteiger partial charge in [0.25, 0.3) is 0 Å². The van der Waals surface area contributed by atoms with Crippen LogP contribution >= 0.6 is 0 Å². The molecular weight excluding hydrogens is 693 g/mol. The summed E-state index contributed by atoms with van der Waals surface area (Å²) < 4.78 is 9.37. The number of hydrogen-bond acceptors (Lipinski definition) is 2. The fraction of sp³-hybridized carbons (Fsp3) is 0.0370. The highest BCUT2D eigenvalue weighted by Gasteiger charge is 2.25. The molecule has 57 heavy (non-hydrogen) atoms. The molecule has 2 aromatic heterocycles. The lowest BCUT2D eigenvalue weighted by Crippen LogP contribution is -2.09. The van der Waals surface area contributed by atoms with Crippen LogP contribution in [0, 0.1) is 0 Å². The number of aromatic nitrogens is 1. The minimum absolute atomic E-state index is 0.946. The van der Waals surface area contributed by atoms with Gasteiger partial charge in [0.1, 0.15) is 11.3 Å². The van der Waals surface area contributed by atoms with E-state index in [0.29, 0.717) is 0 Å². The topological polar surface area (TPSA) is 21.3 Å². The zero-order chi connectivity index (χ0) is 37.7. The summed E-state index contributed by atoms with van der Waals surface area (Å²) in [5.74, 6) is 0.987. The summed E-state index contributed by atoms with van der Waals surface area (Å²) >= 11 is 0. The Bertz CT molecular complexity index is 3080. The Hall–Kier alpha value is -7.36. The van der Waals surface area contributed by atoms with Crippen molar-refractivity contribution in [2.45, 2.75) is 12.8 Å². The molecular formula is C54H38N2O. The Morgan fingerprint density at radius 2 is 1.02 bits per heavy atom. The van der Waals surface area contributed by atoms with E-state index in [-0.39, 0.29) is 0 Å². The molecule has 10 aromatic rings. The fourth-order valence-electron chi connectivity index (χ4n) is 8.81. The van der Waals surface area contributed by atoms with Crippen molar-refractivity contribution in [2.24, 2.45) is 0 Å². The molecule has 11 rings (SSSR count). The van der Waals surface area contributed by atoms with Gasteiger partial charge in [-0.2, -0.15) is 0 Å². The van der Waals surface area contributed by atoms with Crippen LogP contribution in [0.2, 0.25) is 0 Å². The van der Waals surface area contributed by atoms with Crippen LogP contribution in [0.3, 0.4) is 0 Å². The van der Waals surface area contributed by atoms with Crippen LogP contribution < -0.4 is 4.90 Å². The highest BCUT2D eigenvalue weighted by molar-refractivity contribution is 6.10. The van der Waals surface area contributed by atoms with E-state index >= 15 is 0 Å². The van der Waals surface area contributed by atoms with Crippen LogP contribution in [0.4, 0.5) is 17.1 Å². The average molecular weight is 731 g/mol. The first kappa shape index (κ1) is 33.0. The summed E-state index contributed by atoms with van der Waals surface area (Å²) in [5.41, 5.74) is 16.1. The van der Waals surface area contributed by atoms with Crippen molar-refractivity contribution in [3.8, 4) is 27.9 Å². The molecule has 0 saturated carbocycles. The molecule has 0 N–H and O–H groups in total. The average Bonchev–Trinajstić information content (AvgIpc) is 3.84. The Morgan fingerprint density at radius 1 is 0.439 bits per heavy atom. The number of hydrogen-bond donors (Lipinski definition) is 0. The molecule has 1 aliphatic carbocycles. The van der Waals surface area contributed by atoms with Crippen molar-refractivity contribution in [1.29, 1.82) is 0 Å². The normalized spacial score (nSPS) is 12.5. The first-order chi connectivity index (χ1) is 28.3. The standard InChI is InChI=1S/C54H38N2O/c1-4-14-37(15-5-1)38-26-31-43(32-27-38)55(41-16-6-2-7-17-41)44-33-28-39(29-34-44)45-21-12-23-48-49-24-13-22-46(54(49)57-53(45)48)40-30-35-52-50(36-40)47-20-10-11-25-51(47)56(52)42-18-8-3-9-19-42/h1-12,14-23,25-36H,13,24H2. The molecule has 0 aliphatic heterocycles. The number of allylic oxidation sites excluding steroid dienone is 1. The number of aryl methyl sites for hydroxylation is 1. The summed E-state index contributed by atoms with van der Waals surface area (Å²) in [5, 5.41) is 3.69. The van der Waals surface area contributed by atoms with Gasteiger partial charge >= 0.3 is 0 Å². The number of furan rings is 1. The molecule has 3 heteroatoms. The van der Waals surface area contributed by atoms with Gasteiger partial charge in [-0.15, -0.1) is 0 Å². The van der Waals surface area contributed by atoms with Crippen LogP contribution in [0.15, 0.2) is 211 Å². The van der Waals surface area contributed by atoms with E-state index in [4.69, 9.17) is 4.42 Å². The molecule has 0 atom stereocenters. The molecule has 3 nitrogen and oxygen atoms in total. The van der Waals surface area contributed by atoms with Gasteiger partial charge in [-0.1, -0.05) is 140 Å². The molecule has 2 heterocycles. The van der Waals surface area contributed by atoms with Gasteiger partial charge < -0.3 is 13.9 Å². The van der Waals surface area contributed by atoms with E-state index < -0.39 is 0 Å². The minimum Gasteiger partial charge on any atom is -0.455 e. The number of para-hydroxylation sites is 4. The third-order valence-electron chi connectivity index (χ3n) is 11.5. The minimum atomic E-state index is 0.946. The predicted octanol–water partition coefficient (Wildman–Crippen LogP) is 14.7. The van der Waals surface area contributed by atoms with Crippen LogP contribution in [0.5, 0.6) is 0 Å². The van der Waals surface area contributed by atoms with E-state index in [2.05, 4.69) is 216 Å². The third kappa shape index (κ3) is 5.67. The maximum atomic E-state index is 7.00. The van der Waals surface area contributed by atoms with E-state index in [1.807, 2.05) is 0 Å². The Kier molecular flexibility index (Phi) is 7.96. The van der Waals surface area contributed by atoms with Gasteiger partial charge in [-0.05, 0) is 102 Å². The fourth-order valence-corrected chi connectivity index (χ4v) is 8.81. The summed E-state index contributed by atoms with van der Waals surface area (Å²) in [7, 11) is 0. The number of anilines is 3. The number of benzene rings is 8. The first-order valence-corrected chi connectivity index (χ1v) is 19.7. The summed E-state index contributed by atoms with van der Waals surface area (Å²) in [6.45, 7) is 0. The van der Waals surface area contributed by atoms with E-state index in [0.717, 1.165) is 52.4 Å². The van der Waals surface area contributed by atoms with Gasteiger partial charge in [0.15, 0.2) is 0 Å². The van der Waals surface area contributed by atoms with Crippen LogP contribution in [-0.2, 0) is 6.42 Å². The molecule has 0 bridgehead atoms. The van der Waals surface area contributed by atoms with Gasteiger partial charge in [-0.25, -0.2) is 0 Å². The second-order valence-corrected chi connectivity index (χ2v) is 14.8. The SMILES string of the molecule is C1=C(c2ccc3c(c2)c2ccccc2n3-c2ccccc2)c2oc3c(-c4ccc(N(c5ccccc5)c5ccc(-c6ccccc6)cc5)cc4)cccc3c2CC1. The molecule has 1 aliphatic rings. The van der Waals surface area contributed by atoms with Gasteiger partial charge in [0, 0.05) is 55.6 Å². The quantitative estimate of drug-likeness (QED) is 0.163. The Labute approximate surface area is 332 Å². The van der Waals surface area contributed by atoms with Crippen LogP contribution in [-0.4, -0.2) is 4.57 Å². The summed E-state index contributed by atoms with van der Waals surface area (Å²) in [6.07, 6.45) is 4.29. The van der Waals surface area contributed by atoms with E-state index in [1.165, 1.54) is 60.7 Å². The maximum Gasteiger partial charge on any atom is 0.142 e. The summed E-state index contributed by atoms with van der Waals surface area (Å²) in [4.78, 5) is 2.32. The lowest BCUT2D eigenvalue weighted by molar-refractivity contribution is 0.592. The van der Waals surface area contributed by atoms with Crippen molar-refractivity contribution in [3.63, 3.8) is 0 Å². The van der Waals surface area contributed by atoms with Gasteiger partial charge in [0.2, 0.25) is 0 Å². The molecule has 0 spiro atoms. The van der Waals surface area contributed by atoms with Crippen molar-refractivity contribution < 1.29 is 4.42 Å². The molecule has 8 aromatic carbocycles. The predicted molar refractivity (Wildman–Crippen MR) is 238 cm³/mol. The maximum absolute atomic E-state index is 7.00. The smallest absolute Gasteiger partial charge is 0.142 e. The first-order valence-electron chi connectivity index (χ1n) is 19.7. The Morgan fingerprint density at radius 3 is 1.77 bits per heavy atom. The van der Waals surface area contributed by atoms with Gasteiger partial charge in [0.05, 0.1) is 11.0 Å². The van der Waals surface area contributed by atoms with E-state index in [1.54, 1.807) is 0 Å². The van der Waals surface area contributed by atoms with Crippen molar-refractivity contribution in [2.75, 3.05) is 4.90 Å². The van der Waals surface area contributed by atoms with Crippen molar-refractivity contribution in [1.82, 2.24) is 4.57 Å².